The summed E-state index contributed by atoms with van der Waals surface area (Å²) in [5.41, 5.74) is 5.95. The predicted molar refractivity (Wildman–Crippen MR) is 72.5 cm³/mol. The highest BCUT2D eigenvalue weighted by Crippen LogP contribution is 2.17. The zero-order chi connectivity index (χ0) is 14.7. The number of carbonyl (C=O) groups is 1. The van der Waals surface area contributed by atoms with Crippen molar-refractivity contribution in [3.05, 3.63) is 24.0 Å². The molecular weight excluding hydrogens is 265 g/mol. The summed E-state index contributed by atoms with van der Waals surface area (Å²) in [5, 5.41) is 21.2. The van der Waals surface area contributed by atoms with Crippen molar-refractivity contribution in [2.45, 2.75) is 18.6 Å². The summed E-state index contributed by atoms with van der Waals surface area (Å²) in [5.74, 6) is -0.884. The van der Waals surface area contributed by atoms with Gasteiger partial charge < -0.3 is 21.3 Å². The molecule has 0 saturated carbocycles. The lowest BCUT2D eigenvalue weighted by atomic mass is 10.2. The molecule has 1 amide bonds. The molecule has 2 atom stereocenters. The summed E-state index contributed by atoms with van der Waals surface area (Å²) < 4.78 is 13.4. The van der Waals surface area contributed by atoms with Crippen molar-refractivity contribution >= 4 is 17.3 Å². The Morgan fingerprint density at radius 2 is 2.05 bits per heavy atom. The number of aliphatic hydroxyl groups excluding tert-OH is 2. The van der Waals surface area contributed by atoms with E-state index in [9.17, 15) is 19.4 Å². The minimum absolute atomic E-state index is 0.0523. The molecule has 1 saturated heterocycles. The van der Waals surface area contributed by atoms with Crippen molar-refractivity contribution < 1.29 is 19.4 Å². The number of likely N-dealkylation sites (tertiary alicyclic amines) is 1. The molecule has 0 aliphatic carbocycles. The van der Waals surface area contributed by atoms with Crippen LogP contribution in [0.3, 0.4) is 0 Å². The van der Waals surface area contributed by atoms with Gasteiger partial charge in [0.2, 0.25) is 5.91 Å². The summed E-state index contributed by atoms with van der Waals surface area (Å²) in [7, 11) is 0. The molecule has 5 N–H and O–H groups in total. The van der Waals surface area contributed by atoms with E-state index < -0.39 is 18.0 Å². The Morgan fingerprint density at radius 1 is 1.40 bits per heavy atom. The van der Waals surface area contributed by atoms with Gasteiger partial charge in [0.15, 0.2) is 0 Å². The number of β-amino-alcohol motifs (C(OH)–C–C–N with tert-alkyl or cyclic N) is 2. The zero-order valence-corrected chi connectivity index (χ0v) is 10.9. The fourth-order valence-corrected chi connectivity index (χ4v) is 2.14. The number of anilines is 2. The smallest absolute Gasteiger partial charge is 0.225 e. The second-order valence-electron chi connectivity index (χ2n) is 4.93. The van der Waals surface area contributed by atoms with E-state index in [1.165, 1.54) is 18.2 Å². The molecule has 0 spiro atoms. The number of rotatable bonds is 4. The van der Waals surface area contributed by atoms with Gasteiger partial charge in [-0.3, -0.25) is 9.69 Å². The van der Waals surface area contributed by atoms with Crippen LogP contribution in [-0.2, 0) is 4.79 Å². The van der Waals surface area contributed by atoms with Crippen LogP contribution in [-0.4, -0.2) is 52.9 Å². The van der Waals surface area contributed by atoms with E-state index in [4.69, 9.17) is 5.73 Å². The fourth-order valence-electron chi connectivity index (χ4n) is 2.14. The second kappa shape index (κ2) is 6.17. The molecule has 1 aliphatic heterocycles. The van der Waals surface area contributed by atoms with Gasteiger partial charge in [-0.1, -0.05) is 0 Å². The van der Waals surface area contributed by atoms with E-state index in [-0.39, 0.29) is 18.0 Å². The van der Waals surface area contributed by atoms with Crippen LogP contribution in [0, 0.1) is 5.82 Å². The van der Waals surface area contributed by atoms with E-state index in [1.807, 2.05) is 0 Å². The van der Waals surface area contributed by atoms with Crippen molar-refractivity contribution in [3.8, 4) is 0 Å². The van der Waals surface area contributed by atoms with Crippen LogP contribution in [0.4, 0.5) is 15.8 Å². The molecule has 1 heterocycles. The quantitative estimate of drug-likeness (QED) is 0.572. The molecule has 20 heavy (non-hydrogen) atoms. The molecule has 6 nitrogen and oxygen atoms in total. The fraction of sp³-hybridized carbons (Fsp3) is 0.462. The molecule has 0 bridgehead atoms. The van der Waals surface area contributed by atoms with E-state index >= 15 is 0 Å². The molecule has 110 valence electrons. The van der Waals surface area contributed by atoms with Gasteiger partial charge in [0.25, 0.3) is 0 Å². The van der Waals surface area contributed by atoms with Crippen LogP contribution in [0.15, 0.2) is 18.2 Å². The molecule has 2 rings (SSSR count). The highest BCUT2D eigenvalue weighted by Gasteiger charge is 2.29. The van der Waals surface area contributed by atoms with Crippen molar-refractivity contribution in [1.29, 1.82) is 0 Å². The lowest BCUT2D eigenvalue weighted by molar-refractivity contribution is -0.116. The highest BCUT2D eigenvalue weighted by atomic mass is 19.1. The van der Waals surface area contributed by atoms with Gasteiger partial charge in [-0.05, 0) is 18.2 Å². The summed E-state index contributed by atoms with van der Waals surface area (Å²) in [6, 6.07) is 3.97. The maximum absolute atomic E-state index is 13.4. The molecule has 0 aromatic heterocycles. The van der Waals surface area contributed by atoms with Crippen LogP contribution in [0.25, 0.3) is 0 Å². The van der Waals surface area contributed by atoms with Gasteiger partial charge >= 0.3 is 0 Å². The van der Waals surface area contributed by atoms with Gasteiger partial charge in [-0.25, -0.2) is 4.39 Å². The highest BCUT2D eigenvalue weighted by molar-refractivity contribution is 5.91. The monoisotopic (exact) mass is 283 g/mol. The Morgan fingerprint density at radius 3 is 2.70 bits per heavy atom. The third kappa shape index (κ3) is 3.66. The topological polar surface area (TPSA) is 98.8 Å². The van der Waals surface area contributed by atoms with Crippen LogP contribution in [0.1, 0.15) is 6.42 Å². The lowest BCUT2D eigenvalue weighted by Crippen LogP contribution is -2.27. The van der Waals surface area contributed by atoms with Gasteiger partial charge in [-0.2, -0.15) is 0 Å². The maximum Gasteiger partial charge on any atom is 0.225 e. The predicted octanol–water partition coefficient (Wildman–Crippen LogP) is -0.226. The van der Waals surface area contributed by atoms with Crippen molar-refractivity contribution in [3.63, 3.8) is 0 Å². The van der Waals surface area contributed by atoms with Gasteiger partial charge in [-0.15, -0.1) is 0 Å². The van der Waals surface area contributed by atoms with E-state index in [0.717, 1.165) is 0 Å². The zero-order valence-electron chi connectivity index (χ0n) is 10.9. The van der Waals surface area contributed by atoms with Crippen molar-refractivity contribution in [2.75, 3.05) is 30.7 Å². The number of nitrogens with two attached hydrogens (primary N) is 1. The minimum atomic E-state index is -0.774. The van der Waals surface area contributed by atoms with Crippen molar-refractivity contribution in [2.24, 2.45) is 0 Å². The van der Waals surface area contributed by atoms with Crippen LogP contribution < -0.4 is 11.1 Å². The first kappa shape index (κ1) is 14.7. The third-order valence-electron chi connectivity index (χ3n) is 3.25. The molecule has 0 radical (unpaired) electrons. The van der Waals surface area contributed by atoms with Crippen LogP contribution in [0.2, 0.25) is 0 Å². The Bertz CT molecular complexity index is 488. The molecule has 1 aliphatic rings. The number of halogens is 1. The van der Waals surface area contributed by atoms with Crippen molar-refractivity contribution in [1.82, 2.24) is 4.90 Å². The third-order valence-corrected chi connectivity index (χ3v) is 3.25. The SMILES string of the molecule is Nc1ccc(F)c(NC(=O)CCN2CC(O)C(O)C2)c1. The lowest BCUT2D eigenvalue weighted by Gasteiger charge is -2.14. The molecule has 7 heteroatoms. The molecule has 1 aromatic rings. The van der Waals surface area contributed by atoms with E-state index in [0.29, 0.717) is 25.3 Å². The normalized spacial score (nSPS) is 22.9. The summed E-state index contributed by atoms with van der Waals surface area (Å²) >= 11 is 0. The Kier molecular flexibility index (Phi) is 4.53. The number of amides is 1. The number of benzene rings is 1. The summed E-state index contributed by atoms with van der Waals surface area (Å²) in [6.07, 6.45) is -1.40. The average molecular weight is 283 g/mol. The maximum atomic E-state index is 13.4. The van der Waals surface area contributed by atoms with E-state index in [1.54, 1.807) is 4.90 Å². The number of nitrogens with zero attached hydrogens (tertiary/aromatic N) is 1. The van der Waals surface area contributed by atoms with E-state index in [2.05, 4.69) is 5.32 Å². The number of carbonyl (C=O) groups excluding carboxylic acids is 1. The molecule has 1 aromatic carbocycles. The first-order valence-electron chi connectivity index (χ1n) is 6.39. The average Bonchev–Trinajstić information content (AvgIpc) is 2.71. The van der Waals surface area contributed by atoms with Gasteiger partial charge in [0.05, 0.1) is 17.9 Å². The van der Waals surface area contributed by atoms with Gasteiger partial charge in [0, 0.05) is 31.7 Å². The molecular formula is C13H18FN3O3. The minimum Gasteiger partial charge on any atom is -0.399 e. The number of nitrogens with one attached hydrogen (secondary N) is 1. The summed E-state index contributed by atoms with van der Waals surface area (Å²) in [4.78, 5) is 13.5. The standard InChI is InChI=1S/C13H18FN3O3/c14-9-2-1-8(15)5-10(9)16-13(20)3-4-17-6-11(18)12(19)7-17/h1-2,5,11-12,18-19H,3-4,6-7,15H2,(H,16,20). The molecule has 1 fully saturated rings. The first-order chi connectivity index (χ1) is 9.45. The number of hydrogen-bond acceptors (Lipinski definition) is 5. The number of nitrogen functional groups attached to an aromatic ring is 1. The Labute approximate surface area is 116 Å². The Balaban J connectivity index is 1.82. The number of aliphatic hydroxyl groups is 2. The van der Waals surface area contributed by atoms with Gasteiger partial charge in [0.1, 0.15) is 5.82 Å². The van der Waals surface area contributed by atoms with Crippen LogP contribution >= 0.6 is 0 Å². The second-order valence-corrected chi connectivity index (χ2v) is 4.93. The summed E-state index contributed by atoms with van der Waals surface area (Å²) in [6.45, 7) is 1.06. The Hall–Kier alpha value is -1.70. The molecule has 2 unspecified atom stereocenters. The van der Waals surface area contributed by atoms with Crippen LogP contribution in [0.5, 0.6) is 0 Å². The largest absolute Gasteiger partial charge is 0.399 e. The first-order valence-corrected chi connectivity index (χ1v) is 6.39. The number of hydrogen-bond donors (Lipinski definition) is 4.